The lowest BCUT2D eigenvalue weighted by Gasteiger charge is -2.36. The number of ether oxygens (including phenoxy) is 1. The minimum atomic E-state index is -4.24. The Labute approximate surface area is 144 Å². The standard InChI is InChI=1S/C16H14ClNO5S/c1-2-22-15(19)16(11-6-4-3-5-7-11)13-9-8-12(17)10-14(13)23-24(20,21)18-16/h3-10,18H,2H2,1H3/t16-/m1/s1. The Morgan fingerprint density at radius 1 is 1.25 bits per heavy atom. The van der Waals surface area contributed by atoms with Gasteiger partial charge in [0.25, 0.3) is 0 Å². The van der Waals surface area contributed by atoms with Crippen LogP contribution < -0.4 is 8.91 Å². The highest BCUT2D eigenvalue weighted by atomic mass is 35.5. The minimum Gasteiger partial charge on any atom is -0.464 e. The Balaban J connectivity index is 2.35. The number of benzene rings is 2. The SMILES string of the molecule is CCOC(=O)[C@]1(c2ccccc2)NS(=O)(=O)Oc2cc(Cl)ccc21. The summed E-state index contributed by atoms with van der Waals surface area (Å²) in [5.74, 6) is -0.759. The highest BCUT2D eigenvalue weighted by molar-refractivity contribution is 7.85. The molecule has 1 aliphatic heterocycles. The van der Waals surface area contributed by atoms with E-state index in [1.165, 1.54) is 6.07 Å². The third-order valence-corrected chi connectivity index (χ3v) is 4.80. The van der Waals surface area contributed by atoms with E-state index < -0.39 is 21.8 Å². The Morgan fingerprint density at radius 2 is 1.96 bits per heavy atom. The number of halogens is 1. The van der Waals surface area contributed by atoms with Crippen molar-refractivity contribution in [2.45, 2.75) is 12.5 Å². The van der Waals surface area contributed by atoms with Crippen molar-refractivity contribution < 1.29 is 22.1 Å². The molecular formula is C16H14ClNO5S. The topological polar surface area (TPSA) is 81.7 Å². The molecule has 0 saturated carbocycles. The maximum absolute atomic E-state index is 12.8. The van der Waals surface area contributed by atoms with Gasteiger partial charge >= 0.3 is 16.3 Å². The number of hydrogen-bond donors (Lipinski definition) is 1. The molecule has 0 saturated heterocycles. The summed E-state index contributed by atoms with van der Waals surface area (Å²) in [6.45, 7) is 1.74. The summed E-state index contributed by atoms with van der Waals surface area (Å²) >= 11 is 5.94. The molecule has 24 heavy (non-hydrogen) atoms. The highest BCUT2D eigenvalue weighted by Gasteiger charge is 2.52. The summed E-state index contributed by atoms with van der Waals surface area (Å²) in [5, 5.41) is 0.289. The van der Waals surface area contributed by atoms with Gasteiger partial charge in [0.1, 0.15) is 0 Å². The van der Waals surface area contributed by atoms with Gasteiger partial charge in [0, 0.05) is 16.7 Å². The van der Waals surface area contributed by atoms with Crippen LogP contribution in [0.2, 0.25) is 5.02 Å². The van der Waals surface area contributed by atoms with Gasteiger partial charge in [-0.3, -0.25) is 0 Å². The Bertz CT molecular complexity index is 885. The summed E-state index contributed by atoms with van der Waals surface area (Å²) in [6, 6.07) is 12.9. The van der Waals surface area contributed by atoms with Crippen molar-refractivity contribution >= 4 is 27.9 Å². The summed E-state index contributed by atoms with van der Waals surface area (Å²) < 4.78 is 36.9. The van der Waals surface area contributed by atoms with Crippen LogP contribution in [-0.4, -0.2) is 21.0 Å². The number of nitrogens with one attached hydrogen (secondary N) is 1. The molecule has 6 nitrogen and oxygen atoms in total. The maximum atomic E-state index is 12.8. The zero-order valence-electron chi connectivity index (χ0n) is 12.7. The van der Waals surface area contributed by atoms with Crippen LogP contribution in [0, 0.1) is 0 Å². The van der Waals surface area contributed by atoms with Crippen LogP contribution in [0.3, 0.4) is 0 Å². The molecule has 0 aromatic heterocycles. The fourth-order valence-electron chi connectivity index (χ4n) is 2.67. The van der Waals surface area contributed by atoms with Crippen molar-refractivity contribution in [1.29, 1.82) is 0 Å². The van der Waals surface area contributed by atoms with Crippen molar-refractivity contribution in [2.24, 2.45) is 0 Å². The van der Waals surface area contributed by atoms with Crippen LogP contribution in [0.5, 0.6) is 5.75 Å². The van der Waals surface area contributed by atoms with Gasteiger partial charge in [0.15, 0.2) is 11.3 Å². The van der Waals surface area contributed by atoms with Crippen LogP contribution in [0.15, 0.2) is 48.5 Å². The Kier molecular flexibility index (Phi) is 4.25. The molecule has 2 aromatic rings. The van der Waals surface area contributed by atoms with Gasteiger partial charge in [-0.15, -0.1) is 0 Å². The molecule has 126 valence electrons. The maximum Gasteiger partial charge on any atom is 0.384 e. The lowest BCUT2D eigenvalue weighted by atomic mass is 9.83. The first-order valence-corrected chi connectivity index (χ1v) is 8.94. The van der Waals surface area contributed by atoms with Gasteiger partial charge in [-0.25, -0.2) is 4.79 Å². The third-order valence-electron chi connectivity index (χ3n) is 3.61. The number of rotatable bonds is 3. The van der Waals surface area contributed by atoms with Crippen LogP contribution in [0.25, 0.3) is 0 Å². The largest absolute Gasteiger partial charge is 0.464 e. The van der Waals surface area contributed by atoms with Crippen LogP contribution in [-0.2, 0) is 25.4 Å². The smallest absolute Gasteiger partial charge is 0.384 e. The van der Waals surface area contributed by atoms with Gasteiger partial charge in [0.2, 0.25) is 0 Å². The first kappa shape index (κ1) is 16.8. The predicted octanol–water partition coefficient (Wildman–Crippen LogP) is 2.37. The molecule has 0 amide bonds. The molecule has 0 unspecified atom stereocenters. The normalized spacial score (nSPS) is 21.4. The summed E-state index contributed by atoms with van der Waals surface area (Å²) in [6.07, 6.45) is 0. The summed E-state index contributed by atoms with van der Waals surface area (Å²) in [5.41, 5.74) is -1.01. The van der Waals surface area contributed by atoms with Gasteiger partial charge in [-0.1, -0.05) is 48.0 Å². The number of fused-ring (bicyclic) bond motifs is 1. The zero-order chi connectivity index (χ0) is 17.4. The lowest BCUT2D eigenvalue weighted by molar-refractivity contribution is -0.149. The van der Waals surface area contributed by atoms with E-state index in [2.05, 4.69) is 4.72 Å². The van der Waals surface area contributed by atoms with Gasteiger partial charge < -0.3 is 8.92 Å². The van der Waals surface area contributed by atoms with E-state index >= 15 is 0 Å². The molecule has 3 rings (SSSR count). The number of esters is 1. The second kappa shape index (κ2) is 6.08. The summed E-state index contributed by atoms with van der Waals surface area (Å²) in [7, 11) is -4.24. The molecule has 0 fully saturated rings. The molecule has 1 N–H and O–H groups in total. The second-order valence-electron chi connectivity index (χ2n) is 5.12. The fourth-order valence-corrected chi connectivity index (χ4v) is 3.93. The van der Waals surface area contributed by atoms with Crippen molar-refractivity contribution in [3.8, 4) is 5.75 Å². The van der Waals surface area contributed by atoms with Gasteiger partial charge in [-0.2, -0.15) is 13.1 Å². The van der Waals surface area contributed by atoms with Crippen molar-refractivity contribution in [3.05, 3.63) is 64.7 Å². The number of hydrogen-bond acceptors (Lipinski definition) is 5. The van der Waals surface area contributed by atoms with E-state index in [1.807, 2.05) is 0 Å². The zero-order valence-corrected chi connectivity index (χ0v) is 14.2. The molecule has 0 aliphatic carbocycles. The van der Waals surface area contributed by atoms with E-state index in [1.54, 1.807) is 49.4 Å². The molecule has 1 aliphatic rings. The number of carbonyl (C=O) groups is 1. The van der Waals surface area contributed by atoms with Crippen LogP contribution >= 0.6 is 11.6 Å². The second-order valence-corrected chi connectivity index (χ2v) is 6.83. The van der Waals surface area contributed by atoms with Crippen molar-refractivity contribution in [2.75, 3.05) is 6.61 Å². The molecule has 0 radical (unpaired) electrons. The Hall–Kier alpha value is -2.09. The minimum absolute atomic E-state index is 0.0156. The first-order valence-electron chi connectivity index (χ1n) is 7.15. The van der Waals surface area contributed by atoms with Crippen molar-refractivity contribution in [3.63, 3.8) is 0 Å². The molecular weight excluding hydrogens is 354 g/mol. The first-order chi connectivity index (χ1) is 11.4. The van der Waals surface area contributed by atoms with Gasteiger partial charge in [-0.05, 0) is 18.6 Å². The van der Waals surface area contributed by atoms with Gasteiger partial charge in [0.05, 0.1) is 6.61 Å². The third kappa shape index (κ3) is 2.75. The van der Waals surface area contributed by atoms with Crippen LogP contribution in [0.1, 0.15) is 18.1 Å². The molecule has 1 heterocycles. The van der Waals surface area contributed by atoms with Crippen LogP contribution in [0.4, 0.5) is 0 Å². The predicted molar refractivity (Wildman–Crippen MR) is 88.0 cm³/mol. The van der Waals surface area contributed by atoms with E-state index in [0.29, 0.717) is 11.1 Å². The van der Waals surface area contributed by atoms with Crippen molar-refractivity contribution in [1.82, 2.24) is 4.72 Å². The summed E-state index contributed by atoms with van der Waals surface area (Å²) in [4.78, 5) is 12.8. The quantitative estimate of drug-likeness (QED) is 0.842. The van der Waals surface area contributed by atoms with E-state index in [4.69, 9.17) is 20.5 Å². The molecule has 8 heteroatoms. The van der Waals surface area contributed by atoms with E-state index in [0.717, 1.165) is 0 Å². The molecule has 0 spiro atoms. The molecule has 1 atom stereocenters. The molecule has 0 bridgehead atoms. The highest BCUT2D eigenvalue weighted by Crippen LogP contribution is 2.42. The average Bonchev–Trinajstić information content (AvgIpc) is 2.53. The Morgan fingerprint density at radius 3 is 2.62 bits per heavy atom. The lowest BCUT2D eigenvalue weighted by Crippen LogP contribution is -2.57. The average molecular weight is 368 g/mol. The number of carbonyl (C=O) groups excluding carboxylic acids is 1. The molecule has 2 aromatic carbocycles. The van der Waals surface area contributed by atoms with E-state index in [-0.39, 0.29) is 17.4 Å². The fraction of sp³-hybridized carbons (Fsp3) is 0.188. The monoisotopic (exact) mass is 367 g/mol. The van der Waals surface area contributed by atoms with E-state index in [9.17, 15) is 13.2 Å².